The Morgan fingerprint density at radius 1 is 1.25 bits per heavy atom. The molecule has 2 amide bonds. The van der Waals surface area contributed by atoms with Gasteiger partial charge in [-0.15, -0.1) is 0 Å². The van der Waals surface area contributed by atoms with Gasteiger partial charge in [0.05, 0.1) is 18.1 Å². The molecule has 114 valence electrons. The van der Waals surface area contributed by atoms with Crippen molar-refractivity contribution in [3.63, 3.8) is 0 Å². The molecule has 0 bridgehead atoms. The van der Waals surface area contributed by atoms with Crippen LogP contribution in [0.5, 0.6) is 0 Å². The summed E-state index contributed by atoms with van der Waals surface area (Å²) in [5, 5.41) is 0. The summed E-state index contributed by atoms with van der Waals surface area (Å²) in [7, 11) is 0. The van der Waals surface area contributed by atoms with Crippen molar-refractivity contribution in [3.05, 3.63) is 0 Å². The average molecular weight is 282 g/mol. The average Bonchev–Trinajstić information content (AvgIpc) is 2.75. The van der Waals surface area contributed by atoms with Gasteiger partial charge in [0.1, 0.15) is 0 Å². The van der Waals surface area contributed by atoms with Crippen LogP contribution in [0.3, 0.4) is 0 Å². The van der Waals surface area contributed by atoms with Gasteiger partial charge in [-0.3, -0.25) is 9.59 Å². The number of amides is 2. The van der Waals surface area contributed by atoms with E-state index in [0.717, 1.165) is 19.4 Å². The molecule has 2 aliphatic heterocycles. The smallest absolute Gasteiger partial charge is 0.228 e. The number of hydrogen-bond donors (Lipinski definition) is 0. The molecule has 2 saturated heterocycles. The molecule has 0 N–H and O–H groups in total. The Morgan fingerprint density at radius 3 is 2.50 bits per heavy atom. The van der Waals surface area contributed by atoms with Crippen molar-refractivity contribution >= 4 is 11.8 Å². The number of likely N-dealkylation sites (tertiary alicyclic amines) is 1. The summed E-state index contributed by atoms with van der Waals surface area (Å²) in [5.41, 5.74) is 0. The summed E-state index contributed by atoms with van der Waals surface area (Å²) in [6.07, 6.45) is 2.62. The zero-order valence-electron chi connectivity index (χ0n) is 12.8. The van der Waals surface area contributed by atoms with Crippen molar-refractivity contribution in [1.29, 1.82) is 0 Å². The predicted molar refractivity (Wildman–Crippen MR) is 76.2 cm³/mol. The number of rotatable bonds is 4. The van der Waals surface area contributed by atoms with Crippen molar-refractivity contribution in [2.75, 3.05) is 26.2 Å². The fourth-order valence-electron chi connectivity index (χ4n) is 3.12. The SMILES string of the molecule is CCCCN1C[C@@H](C(=O)N2C[C@@H](C)O[C@@H](C)C2)CC1=O. The molecule has 0 aromatic carbocycles. The molecule has 0 unspecified atom stereocenters. The fourth-order valence-corrected chi connectivity index (χ4v) is 3.12. The molecule has 0 spiro atoms. The number of hydrogen-bond acceptors (Lipinski definition) is 3. The first-order chi connectivity index (χ1) is 9.51. The van der Waals surface area contributed by atoms with Gasteiger partial charge in [0.25, 0.3) is 0 Å². The van der Waals surface area contributed by atoms with Crippen molar-refractivity contribution in [2.45, 2.75) is 52.2 Å². The summed E-state index contributed by atoms with van der Waals surface area (Å²) in [6, 6.07) is 0. The second kappa shape index (κ2) is 6.57. The van der Waals surface area contributed by atoms with Crippen LogP contribution in [0.15, 0.2) is 0 Å². The van der Waals surface area contributed by atoms with Crippen LogP contribution in [0.1, 0.15) is 40.0 Å². The number of nitrogens with zero attached hydrogens (tertiary/aromatic N) is 2. The second-order valence-corrected chi connectivity index (χ2v) is 6.09. The number of morpholine rings is 1. The molecular weight excluding hydrogens is 256 g/mol. The third-order valence-electron chi connectivity index (χ3n) is 4.08. The summed E-state index contributed by atoms with van der Waals surface area (Å²) in [4.78, 5) is 28.2. The highest BCUT2D eigenvalue weighted by Gasteiger charge is 2.37. The lowest BCUT2D eigenvalue weighted by molar-refractivity contribution is -0.147. The van der Waals surface area contributed by atoms with E-state index in [1.807, 2.05) is 23.6 Å². The number of ether oxygens (including phenoxy) is 1. The van der Waals surface area contributed by atoms with Crippen LogP contribution in [0.25, 0.3) is 0 Å². The van der Waals surface area contributed by atoms with Gasteiger partial charge in [0, 0.05) is 32.6 Å². The number of unbranched alkanes of at least 4 members (excludes halogenated alkanes) is 1. The summed E-state index contributed by atoms with van der Waals surface area (Å²) >= 11 is 0. The molecular formula is C15H26N2O3. The quantitative estimate of drug-likeness (QED) is 0.780. The maximum atomic E-state index is 12.5. The third kappa shape index (κ3) is 3.51. The van der Waals surface area contributed by atoms with E-state index in [4.69, 9.17) is 4.74 Å². The molecule has 20 heavy (non-hydrogen) atoms. The van der Waals surface area contributed by atoms with E-state index in [1.54, 1.807) is 0 Å². The van der Waals surface area contributed by atoms with Gasteiger partial charge >= 0.3 is 0 Å². The van der Waals surface area contributed by atoms with Crippen molar-refractivity contribution in [1.82, 2.24) is 9.80 Å². The topological polar surface area (TPSA) is 49.9 Å². The Hall–Kier alpha value is -1.10. The summed E-state index contributed by atoms with van der Waals surface area (Å²) in [6.45, 7) is 8.75. The lowest BCUT2D eigenvalue weighted by Gasteiger charge is -2.36. The third-order valence-corrected chi connectivity index (χ3v) is 4.08. The van der Waals surface area contributed by atoms with Crippen LogP contribution in [0.2, 0.25) is 0 Å². The van der Waals surface area contributed by atoms with E-state index >= 15 is 0 Å². The van der Waals surface area contributed by atoms with Crippen LogP contribution in [0.4, 0.5) is 0 Å². The van der Waals surface area contributed by atoms with Crippen LogP contribution in [-0.4, -0.2) is 60.0 Å². The van der Waals surface area contributed by atoms with Gasteiger partial charge in [0.15, 0.2) is 0 Å². The maximum Gasteiger partial charge on any atom is 0.228 e. The standard InChI is InChI=1S/C15H26N2O3/c1-4-5-6-16-10-13(7-14(16)18)15(19)17-8-11(2)20-12(3)9-17/h11-13H,4-10H2,1-3H3/t11-,12+,13-/m0/s1. The largest absolute Gasteiger partial charge is 0.372 e. The molecule has 5 heteroatoms. The molecule has 0 aliphatic carbocycles. The minimum absolute atomic E-state index is 0.0796. The van der Waals surface area contributed by atoms with E-state index < -0.39 is 0 Å². The van der Waals surface area contributed by atoms with Crippen molar-refractivity contribution in [2.24, 2.45) is 5.92 Å². The van der Waals surface area contributed by atoms with Crippen LogP contribution in [-0.2, 0) is 14.3 Å². The van der Waals surface area contributed by atoms with Gasteiger partial charge in [0.2, 0.25) is 11.8 Å². The van der Waals surface area contributed by atoms with Crippen molar-refractivity contribution < 1.29 is 14.3 Å². The fraction of sp³-hybridized carbons (Fsp3) is 0.867. The zero-order chi connectivity index (χ0) is 14.7. The zero-order valence-corrected chi connectivity index (χ0v) is 12.8. The van der Waals surface area contributed by atoms with E-state index in [0.29, 0.717) is 26.1 Å². The lowest BCUT2D eigenvalue weighted by atomic mass is 10.1. The van der Waals surface area contributed by atoms with E-state index in [-0.39, 0.29) is 29.9 Å². The Balaban J connectivity index is 1.91. The van der Waals surface area contributed by atoms with Gasteiger partial charge < -0.3 is 14.5 Å². The molecule has 0 radical (unpaired) electrons. The van der Waals surface area contributed by atoms with Crippen LogP contribution < -0.4 is 0 Å². The molecule has 2 rings (SSSR count). The highest BCUT2D eigenvalue weighted by molar-refractivity contribution is 5.89. The molecule has 0 aromatic rings. The normalized spacial score (nSPS) is 30.9. The van der Waals surface area contributed by atoms with E-state index in [2.05, 4.69) is 6.92 Å². The molecule has 5 nitrogen and oxygen atoms in total. The molecule has 2 heterocycles. The number of carbonyl (C=O) groups excluding carboxylic acids is 2. The van der Waals surface area contributed by atoms with E-state index in [1.165, 1.54) is 0 Å². The first kappa shape index (κ1) is 15.3. The Labute approximate surface area is 121 Å². The van der Waals surface area contributed by atoms with Crippen LogP contribution >= 0.6 is 0 Å². The van der Waals surface area contributed by atoms with Crippen molar-refractivity contribution in [3.8, 4) is 0 Å². The first-order valence-electron chi connectivity index (χ1n) is 7.73. The van der Waals surface area contributed by atoms with Gasteiger partial charge in [-0.25, -0.2) is 0 Å². The first-order valence-corrected chi connectivity index (χ1v) is 7.73. The Kier molecular flexibility index (Phi) is 5.02. The molecule has 3 atom stereocenters. The molecule has 2 aliphatic rings. The predicted octanol–water partition coefficient (Wildman–Crippen LogP) is 1.27. The van der Waals surface area contributed by atoms with E-state index in [9.17, 15) is 9.59 Å². The lowest BCUT2D eigenvalue weighted by Crippen LogP contribution is -2.50. The van der Waals surface area contributed by atoms with Gasteiger partial charge in [-0.2, -0.15) is 0 Å². The van der Waals surface area contributed by atoms with Crippen LogP contribution in [0, 0.1) is 5.92 Å². The van der Waals surface area contributed by atoms with Gasteiger partial charge in [-0.1, -0.05) is 13.3 Å². The van der Waals surface area contributed by atoms with Gasteiger partial charge in [-0.05, 0) is 20.3 Å². The molecule has 0 aromatic heterocycles. The summed E-state index contributed by atoms with van der Waals surface area (Å²) < 4.78 is 5.65. The Bertz CT molecular complexity index is 362. The number of carbonyl (C=O) groups is 2. The maximum absolute atomic E-state index is 12.5. The monoisotopic (exact) mass is 282 g/mol. The molecule has 0 saturated carbocycles. The minimum Gasteiger partial charge on any atom is -0.372 e. The highest BCUT2D eigenvalue weighted by atomic mass is 16.5. The second-order valence-electron chi connectivity index (χ2n) is 6.09. The Morgan fingerprint density at radius 2 is 1.90 bits per heavy atom. The highest BCUT2D eigenvalue weighted by Crippen LogP contribution is 2.22. The summed E-state index contributed by atoms with van der Waals surface area (Å²) in [5.74, 6) is 0.0994. The molecule has 2 fully saturated rings. The minimum atomic E-state index is -0.156.